The third-order valence-electron chi connectivity index (χ3n) is 2.70. The third kappa shape index (κ3) is 2.45. The Hall–Kier alpha value is -2.48. The first-order valence-electron chi connectivity index (χ1n) is 6.08. The highest BCUT2D eigenvalue weighted by Gasteiger charge is 2.19. The topological polar surface area (TPSA) is 109 Å². The second kappa shape index (κ2) is 4.57. The molecule has 20 heavy (non-hydrogen) atoms. The molecule has 0 aliphatic carbocycles. The summed E-state index contributed by atoms with van der Waals surface area (Å²) in [4.78, 5) is 4.23. The van der Waals surface area contributed by atoms with Gasteiger partial charge in [0, 0.05) is 0 Å². The van der Waals surface area contributed by atoms with Crippen LogP contribution in [0.25, 0.3) is 11.7 Å². The molecule has 104 valence electrons. The minimum atomic E-state index is -0.533. The van der Waals surface area contributed by atoms with Crippen LogP contribution < -0.4 is 5.73 Å². The van der Waals surface area contributed by atoms with E-state index in [2.05, 4.69) is 20.5 Å². The Morgan fingerprint density at radius 1 is 1.40 bits per heavy atom. The molecule has 0 saturated heterocycles. The molecule has 0 aromatic carbocycles. The minimum Gasteiger partial charge on any atom is -0.459 e. The van der Waals surface area contributed by atoms with Crippen molar-refractivity contribution in [1.29, 1.82) is 0 Å². The fourth-order valence-corrected chi connectivity index (χ4v) is 1.63. The maximum Gasteiger partial charge on any atom is 0.293 e. The molecule has 3 aromatic rings. The summed E-state index contributed by atoms with van der Waals surface area (Å²) in [6.45, 7) is 4.09. The van der Waals surface area contributed by atoms with Crippen molar-refractivity contribution >= 4 is 0 Å². The predicted octanol–water partition coefficient (Wildman–Crippen LogP) is 1.16. The van der Waals surface area contributed by atoms with E-state index in [1.54, 1.807) is 29.3 Å². The lowest BCUT2D eigenvalue weighted by molar-refractivity contribution is 0.406. The maximum atomic E-state index is 5.95. The average Bonchev–Trinajstić information content (AvgIpc) is 3.08. The van der Waals surface area contributed by atoms with Gasteiger partial charge in [0.25, 0.3) is 5.89 Å². The van der Waals surface area contributed by atoms with Gasteiger partial charge in [-0.1, -0.05) is 10.4 Å². The Morgan fingerprint density at radius 2 is 2.25 bits per heavy atom. The van der Waals surface area contributed by atoms with Crippen LogP contribution in [0, 0.1) is 0 Å². The Morgan fingerprint density at radius 3 is 2.90 bits per heavy atom. The molecule has 0 radical (unpaired) electrons. The highest BCUT2D eigenvalue weighted by atomic mass is 16.5. The Balaban J connectivity index is 1.77. The van der Waals surface area contributed by atoms with Crippen LogP contribution in [-0.2, 0) is 12.1 Å². The molecule has 0 bridgehead atoms. The van der Waals surface area contributed by atoms with Crippen molar-refractivity contribution < 1.29 is 8.94 Å². The summed E-state index contributed by atoms with van der Waals surface area (Å²) < 4.78 is 11.9. The molecule has 0 saturated carbocycles. The molecule has 0 amide bonds. The summed E-state index contributed by atoms with van der Waals surface area (Å²) in [5.41, 5.74) is 6.12. The van der Waals surface area contributed by atoms with E-state index in [0.717, 1.165) is 0 Å². The van der Waals surface area contributed by atoms with Crippen molar-refractivity contribution in [3.05, 3.63) is 36.1 Å². The van der Waals surface area contributed by atoms with E-state index in [-0.39, 0.29) is 0 Å². The molecule has 8 nitrogen and oxygen atoms in total. The molecule has 0 atom stereocenters. The summed E-state index contributed by atoms with van der Waals surface area (Å²) in [5.74, 6) is 1.36. The fourth-order valence-electron chi connectivity index (χ4n) is 1.63. The normalized spacial score (nSPS) is 11.9. The van der Waals surface area contributed by atoms with E-state index in [1.165, 1.54) is 0 Å². The van der Waals surface area contributed by atoms with E-state index in [0.29, 0.717) is 29.7 Å². The van der Waals surface area contributed by atoms with Crippen LogP contribution in [0.3, 0.4) is 0 Å². The molecule has 0 aliphatic heterocycles. The van der Waals surface area contributed by atoms with E-state index < -0.39 is 5.54 Å². The van der Waals surface area contributed by atoms with Gasteiger partial charge in [-0.25, -0.2) is 4.68 Å². The van der Waals surface area contributed by atoms with Crippen LogP contribution >= 0.6 is 0 Å². The largest absolute Gasteiger partial charge is 0.459 e. The smallest absolute Gasteiger partial charge is 0.293 e. The molecular weight excluding hydrogens is 260 g/mol. The van der Waals surface area contributed by atoms with Gasteiger partial charge >= 0.3 is 0 Å². The van der Waals surface area contributed by atoms with Crippen molar-refractivity contribution in [2.45, 2.75) is 25.9 Å². The van der Waals surface area contributed by atoms with E-state index >= 15 is 0 Å². The quantitative estimate of drug-likeness (QED) is 0.760. The second-order valence-corrected chi connectivity index (χ2v) is 5.02. The Bertz CT molecular complexity index is 692. The van der Waals surface area contributed by atoms with E-state index in [9.17, 15) is 0 Å². The van der Waals surface area contributed by atoms with Crippen LogP contribution in [0.1, 0.15) is 25.4 Å². The van der Waals surface area contributed by atoms with Gasteiger partial charge in [0.2, 0.25) is 0 Å². The van der Waals surface area contributed by atoms with Gasteiger partial charge < -0.3 is 14.7 Å². The van der Waals surface area contributed by atoms with Crippen molar-refractivity contribution in [2.24, 2.45) is 5.73 Å². The number of rotatable bonds is 4. The molecule has 0 fully saturated rings. The summed E-state index contributed by atoms with van der Waals surface area (Å²) in [7, 11) is 0. The first-order chi connectivity index (χ1) is 9.52. The molecule has 3 aromatic heterocycles. The highest BCUT2D eigenvalue weighted by Crippen LogP contribution is 2.17. The van der Waals surface area contributed by atoms with Crippen LogP contribution in [-0.4, -0.2) is 25.1 Å². The van der Waals surface area contributed by atoms with Gasteiger partial charge in [-0.3, -0.25) is 0 Å². The monoisotopic (exact) mass is 274 g/mol. The van der Waals surface area contributed by atoms with Gasteiger partial charge in [0.05, 0.1) is 18.0 Å². The van der Waals surface area contributed by atoms with Crippen molar-refractivity contribution in [1.82, 2.24) is 25.1 Å². The van der Waals surface area contributed by atoms with E-state index in [1.807, 2.05) is 13.8 Å². The van der Waals surface area contributed by atoms with Crippen molar-refractivity contribution in [3.8, 4) is 11.7 Å². The summed E-state index contributed by atoms with van der Waals surface area (Å²) in [6, 6.07) is 3.51. The lowest BCUT2D eigenvalue weighted by atomic mass is 10.0. The molecule has 3 rings (SSSR count). The third-order valence-corrected chi connectivity index (χ3v) is 2.70. The SMILES string of the molecule is CC(C)(N)c1cn(Cc2noc(-c3ccco3)n2)nn1. The first-order valence-corrected chi connectivity index (χ1v) is 6.08. The van der Waals surface area contributed by atoms with Gasteiger partial charge in [-0.05, 0) is 26.0 Å². The Kier molecular flexibility index (Phi) is 2.87. The number of aromatic nitrogens is 5. The average molecular weight is 274 g/mol. The van der Waals surface area contributed by atoms with E-state index in [4.69, 9.17) is 14.7 Å². The number of nitrogens with zero attached hydrogens (tertiary/aromatic N) is 5. The van der Waals surface area contributed by atoms with Crippen LogP contribution in [0.15, 0.2) is 33.5 Å². The minimum absolute atomic E-state index is 0.337. The number of nitrogens with two attached hydrogens (primary N) is 1. The second-order valence-electron chi connectivity index (χ2n) is 5.02. The number of hydrogen-bond acceptors (Lipinski definition) is 7. The van der Waals surface area contributed by atoms with Gasteiger partial charge in [-0.15, -0.1) is 5.10 Å². The van der Waals surface area contributed by atoms with Crippen LogP contribution in [0.2, 0.25) is 0 Å². The van der Waals surface area contributed by atoms with Crippen molar-refractivity contribution in [3.63, 3.8) is 0 Å². The van der Waals surface area contributed by atoms with Gasteiger partial charge in [0.1, 0.15) is 12.2 Å². The zero-order valence-electron chi connectivity index (χ0n) is 11.1. The molecule has 2 N–H and O–H groups in total. The van der Waals surface area contributed by atoms with Crippen LogP contribution in [0.5, 0.6) is 0 Å². The molecule has 3 heterocycles. The summed E-state index contributed by atoms with van der Waals surface area (Å²) in [6.07, 6.45) is 3.31. The van der Waals surface area contributed by atoms with Crippen LogP contribution in [0.4, 0.5) is 0 Å². The zero-order valence-corrected chi connectivity index (χ0v) is 11.1. The highest BCUT2D eigenvalue weighted by molar-refractivity contribution is 5.42. The van der Waals surface area contributed by atoms with Gasteiger partial charge in [0.15, 0.2) is 11.6 Å². The molecule has 8 heteroatoms. The standard InChI is InChI=1S/C12H14N6O2/c1-12(2,13)9-6-18(17-15-9)7-10-14-11(20-16-10)8-4-3-5-19-8/h3-6H,7,13H2,1-2H3. The fraction of sp³-hybridized carbons (Fsp3) is 0.333. The lowest BCUT2D eigenvalue weighted by Gasteiger charge is -2.13. The number of hydrogen-bond donors (Lipinski definition) is 1. The lowest BCUT2D eigenvalue weighted by Crippen LogP contribution is -2.29. The molecule has 0 spiro atoms. The Labute approximate surface area is 114 Å². The molecule has 0 aliphatic rings. The summed E-state index contributed by atoms with van der Waals surface area (Å²) in [5, 5.41) is 11.9. The molecule has 0 unspecified atom stereocenters. The first kappa shape index (κ1) is 12.5. The zero-order chi connectivity index (χ0) is 14.2. The van der Waals surface area contributed by atoms with Gasteiger partial charge in [-0.2, -0.15) is 4.98 Å². The summed E-state index contributed by atoms with van der Waals surface area (Å²) >= 11 is 0. The predicted molar refractivity (Wildman–Crippen MR) is 68.3 cm³/mol. The maximum absolute atomic E-state index is 5.95. The number of furan rings is 1. The molecular formula is C12H14N6O2. The van der Waals surface area contributed by atoms with Crippen molar-refractivity contribution in [2.75, 3.05) is 0 Å².